The maximum atomic E-state index is 13.7. The standard InChI is InChI=1S/C32H32ClN3O5S/c1-5-28(25-16-18-30(40-3)31(19-25)41-4)34-35-32(37)24-14-12-23(13-15-24)21-36(29-20-26(33)17-11-22(29)2)42(38,39)27-9-7-6-8-10-27/h6-20H,5,21H2,1-4H3,(H,35,37)/b34-28-. The maximum absolute atomic E-state index is 13.7. The molecule has 0 fully saturated rings. The molecule has 0 aromatic heterocycles. The van der Waals surface area contributed by atoms with Crippen molar-refractivity contribution in [3.05, 3.63) is 118 Å². The summed E-state index contributed by atoms with van der Waals surface area (Å²) in [6.45, 7) is 3.81. The highest BCUT2D eigenvalue weighted by atomic mass is 35.5. The van der Waals surface area contributed by atoms with Crippen LogP contribution in [0.2, 0.25) is 5.02 Å². The monoisotopic (exact) mass is 605 g/mol. The number of rotatable bonds is 11. The Morgan fingerprint density at radius 1 is 0.881 bits per heavy atom. The summed E-state index contributed by atoms with van der Waals surface area (Å²) in [5.74, 6) is 0.767. The lowest BCUT2D eigenvalue weighted by molar-refractivity contribution is 0.0954. The van der Waals surface area contributed by atoms with Crippen molar-refractivity contribution in [2.24, 2.45) is 5.10 Å². The minimum atomic E-state index is -3.91. The van der Waals surface area contributed by atoms with Crippen LogP contribution < -0.4 is 19.2 Å². The molecule has 0 aliphatic rings. The predicted octanol–water partition coefficient (Wildman–Crippen LogP) is 6.61. The molecule has 1 N–H and O–H groups in total. The lowest BCUT2D eigenvalue weighted by Gasteiger charge is -2.26. The molecular formula is C32H32ClN3O5S. The Labute approximate surface area is 251 Å². The zero-order valence-corrected chi connectivity index (χ0v) is 25.4. The molecule has 0 spiro atoms. The number of halogens is 1. The van der Waals surface area contributed by atoms with Gasteiger partial charge in [-0.2, -0.15) is 5.10 Å². The molecule has 1 amide bonds. The van der Waals surface area contributed by atoms with Crippen molar-refractivity contribution < 1.29 is 22.7 Å². The Balaban J connectivity index is 1.56. The number of hydrazone groups is 1. The van der Waals surface area contributed by atoms with Gasteiger partial charge in [-0.1, -0.05) is 54.9 Å². The fourth-order valence-electron chi connectivity index (χ4n) is 4.34. The van der Waals surface area contributed by atoms with Crippen LogP contribution in [0.25, 0.3) is 0 Å². The Morgan fingerprint density at radius 3 is 2.19 bits per heavy atom. The van der Waals surface area contributed by atoms with Crippen molar-refractivity contribution in [1.82, 2.24) is 5.43 Å². The second-order valence-corrected chi connectivity index (χ2v) is 11.7. The van der Waals surface area contributed by atoms with E-state index in [0.29, 0.717) is 45.5 Å². The number of nitrogens with one attached hydrogen (secondary N) is 1. The number of anilines is 1. The van der Waals surface area contributed by atoms with Crippen LogP contribution in [0.1, 0.15) is 40.4 Å². The molecule has 0 aliphatic heterocycles. The van der Waals surface area contributed by atoms with E-state index in [9.17, 15) is 13.2 Å². The summed E-state index contributed by atoms with van der Waals surface area (Å²) < 4.78 is 39.5. The molecule has 0 saturated carbocycles. The van der Waals surface area contributed by atoms with Crippen LogP contribution in [0.3, 0.4) is 0 Å². The van der Waals surface area contributed by atoms with E-state index in [-0.39, 0.29) is 11.4 Å². The van der Waals surface area contributed by atoms with E-state index < -0.39 is 15.9 Å². The number of methoxy groups -OCH3 is 2. The minimum absolute atomic E-state index is 0.0394. The van der Waals surface area contributed by atoms with Gasteiger partial charge in [0.25, 0.3) is 15.9 Å². The largest absolute Gasteiger partial charge is 0.493 e. The third-order valence-corrected chi connectivity index (χ3v) is 8.67. The van der Waals surface area contributed by atoms with Gasteiger partial charge in [0.2, 0.25) is 0 Å². The predicted molar refractivity (Wildman–Crippen MR) is 166 cm³/mol. The van der Waals surface area contributed by atoms with Crippen LogP contribution in [0.5, 0.6) is 11.5 Å². The quantitative estimate of drug-likeness (QED) is 0.153. The van der Waals surface area contributed by atoms with Crippen LogP contribution in [0, 0.1) is 6.92 Å². The summed E-state index contributed by atoms with van der Waals surface area (Å²) in [6.07, 6.45) is 0.573. The summed E-state index contributed by atoms with van der Waals surface area (Å²) in [4.78, 5) is 13.1. The molecule has 4 aromatic rings. The highest BCUT2D eigenvalue weighted by molar-refractivity contribution is 7.92. The van der Waals surface area contributed by atoms with E-state index in [1.165, 1.54) is 4.31 Å². The molecule has 0 heterocycles. The number of benzene rings is 4. The van der Waals surface area contributed by atoms with Gasteiger partial charge in [0.15, 0.2) is 11.5 Å². The van der Waals surface area contributed by atoms with Gasteiger partial charge in [0, 0.05) is 16.1 Å². The fraction of sp³-hybridized carbons (Fsp3) is 0.188. The van der Waals surface area contributed by atoms with Gasteiger partial charge in [-0.25, -0.2) is 13.8 Å². The average Bonchev–Trinajstić information content (AvgIpc) is 3.01. The van der Waals surface area contributed by atoms with Crippen molar-refractivity contribution in [2.45, 2.75) is 31.7 Å². The number of carbonyl (C=O) groups excluding carboxylic acids is 1. The van der Waals surface area contributed by atoms with Crippen molar-refractivity contribution >= 4 is 38.9 Å². The van der Waals surface area contributed by atoms with Crippen molar-refractivity contribution in [3.63, 3.8) is 0 Å². The fourth-order valence-corrected chi connectivity index (χ4v) is 6.04. The normalized spacial score (nSPS) is 11.6. The van der Waals surface area contributed by atoms with Crippen LogP contribution in [0.4, 0.5) is 5.69 Å². The van der Waals surface area contributed by atoms with Gasteiger partial charge in [-0.15, -0.1) is 0 Å². The number of hydrogen-bond donors (Lipinski definition) is 1. The van der Waals surface area contributed by atoms with Gasteiger partial charge < -0.3 is 9.47 Å². The topological polar surface area (TPSA) is 97.3 Å². The third kappa shape index (κ3) is 6.92. The molecule has 0 bridgehead atoms. The number of hydrogen-bond acceptors (Lipinski definition) is 6. The summed E-state index contributed by atoms with van der Waals surface area (Å²) in [5.41, 5.74) is 6.38. The molecule has 0 atom stereocenters. The third-order valence-electron chi connectivity index (χ3n) is 6.66. The number of ether oxygens (including phenoxy) is 2. The zero-order chi connectivity index (χ0) is 30.3. The van der Waals surface area contributed by atoms with Crippen LogP contribution in [-0.2, 0) is 16.6 Å². The van der Waals surface area contributed by atoms with Crippen LogP contribution in [0.15, 0.2) is 101 Å². The van der Waals surface area contributed by atoms with Gasteiger partial charge in [0.1, 0.15) is 0 Å². The number of sulfonamides is 1. The van der Waals surface area contributed by atoms with Gasteiger partial charge in [-0.05, 0) is 79.1 Å². The van der Waals surface area contributed by atoms with Gasteiger partial charge >= 0.3 is 0 Å². The molecule has 4 rings (SSSR count). The Kier molecular flexibility index (Phi) is 9.88. The molecule has 0 radical (unpaired) electrons. The first kappa shape index (κ1) is 30.6. The van der Waals surface area contributed by atoms with E-state index in [1.807, 2.05) is 19.9 Å². The van der Waals surface area contributed by atoms with Gasteiger partial charge in [-0.3, -0.25) is 9.10 Å². The molecule has 0 aliphatic carbocycles. The van der Waals surface area contributed by atoms with Crippen molar-refractivity contribution in [3.8, 4) is 11.5 Å². The van der Waals surface area contributed by atoms with Gasteiger partial charge in [0.05, 0.1) is 37.1 Å². The average molecular weight is 606 g/mol. The van der Waals surface area contributed by atoms with Crippen LogP contribution in [-0.4, -0.2) is 34.3 Å². The summed E-state index contributed by atoms with van der Waals surface area (Å²) in [6, 6.07) is 25.5. The number of carbonyl (C=O) groups is 1. The second-order valence-electron chi connectivity index (χ2n) is 9.38. The first-order chi connectivity index (χ1) is 20.2. The number of nitrogens with zero attached hydrogens (tertiary/aromatic N) is 2. The Bertz CT molecular complexity index is 1690. The number of amides is 1. The minimum Gasteiger partial charge on any atom is -0.493 e. The van der Waals surface area contributed by atoms with E-state index >= 15 is 0 Å². The lowest BCUT2D eigenvalue weighted by atomic mass is 10.1. The van der Waals surface area contributed by atoms with Crippen molar-refractivity contribution in [1.29, 1.82) is 0 Å². The Hall–Kier alpha value is -4.34. The maximum Gasteiger partial charge on any atom is 0.271 e. The molecule has 0 saturated heterocycles. The van der Waals surface area contributed by atoms with Crippen molar-refractivity contribution in [2.75, 3.05) is 18.5 Å². The lowest BCUT2D eigenvalue weighted by Crippen LogP contribution is -2.31. The second kappa shape index (κ2) is 13.5. The molecule has 0 unspecified atom stereocenters. The first-order valence-corrected chi connectivity index (χ1v) is 15.0. The smallest absolute Gasteiger partial charge is 0.271 e. The first-order valence-electron chi connectivity index (χ1n) is 13.2. The Morgan fingerprint density at radius 2 is 1.55 bits per heavy atom. The molecular weight excluding hydrogens is 574 g/mol. The number of aryl methyl sites for hydroxylation is 1. The highest BCUT2D eigenvalue weighted by Gasteiger charge is 2.26. The summed E-state index contributed by atoms with van der Waals surface area (Å²) >= 11 is 6.26. The summed E-state index contributed by atoms with van der Waals surface area (Å²) in [7, 11) is -0.791. The molecule has 4 aromatic carbocycles. The van der Waals surface area contributed by atoms with E-state index in [0.717, 1.165) is 11.1 Å². The van der Waals surface area contributed by atoms with Crippen LogP contribution >= 0.6 is 11.6 Å². The van der Waals surface area contributed by atoms with E-state index in [2.05, 4.69) is 10.5 Å². The highest BCUT2D eigenvalue weighted by Crippen LogP contribution is 2.31. The van der Waals surface area contributed by atoms with E-state index in [1.54, 1.807) is 99.1 Å². The zero-order valence-electron chi connectivity index (χ0n) is 23.8. The van der Waals surface area contributed by atoms with E-state index in [4.69, 9.17) is 21.1 Å². The molecule has 10 heteroatoms. The summed E-state index contributed by atoms with van der Waals surface area (Å²) in [5, 5.41) is 4.76. The molecule has 218 valence electrons. The molecule has 42 heavy (non-hydrogen) atoms. The molecule has 8 nitrogen and oxygen atoms in total. The SMILES string of the molecule is CC/C(=N/NC(=O)c1ccc(CN(c2cc(Cl)ccc2C)S(=O)(=O)c2ccccc2)cc1)c1ccc(OC)c(OC)c1.